The number of nitrogens with one attached hydrogen (secondary N) is 2. The molecule has 0 spiro atoms. The Balaban J connectivity index is 2.13. The number of aromatic nitrogens is 2. The van der Waals surface area contributed by atoms with Crippen LogP contribution >= 0.6 is 0 Å². The molecule has 1 aliphatic carbocycles. The van der Waals surface area contributed by atoms with Crippen LogP contribution in [0, 0.1) is 13.8 Å². The number of likely N-dealkylation sites (N-methyl/N-ethyl adjacent to an activating group) is 1. The average molecular weight is 264 g/mol. The molecule has 6 heteroatoms. The predicted octanol–water partition coefficient (Wildman–Crippen LogP) is 1.28. The van der Waals surface area contributed by atoms with E-state index in [0.29, 0.717) is 11.6 Å². The molecule has 0 unspecified atom stereocenters. The van der Waals surface area contributed by atoms with Gasteiger partial charge in [-0.25, -0.2) is 15.8 Å². The topological polar surface area (TPSA) is 79.1 Å². The van der Waals surface area contributed by atoms with Gasteiger partial charge in [0.2, 0.25) is 0 Å². The minimum Gasteiger partial charge on any atom is -0.368 e. The van der Waals surface area contributed by atoms with Crippen molar-refractivity contribution in [1.82, 2.24) is 14.9 Å². The van der Waals surface area contributed by atoms with Gasteiger partial charge in [-0.1, -0.05) is 0 Å². The van der Waals surface area contributed by atoms with Crippen molar-refractivity contribution in [1.29, 1.82) is 0 Å². The first-order chi connectivity index (χ1) is 8.98. The van der Waals surface area contributed by atoms with Gasteiger partial charge in [-0.2, -0.15) is 0 Å². The lowest BCUT2D eigenvalue weighted by molar-refractivity contribution is 0.0738. The summed E-state index contributed by atoms with van der Waals surface area (Å²) in [6.45, 7) is 4.75. The molecule has 0 atom stereocenters. The maximum atomic E-state index is 5.48. The maximum Gasteiger partial charge on any atom is 0.148 e. The highest BCUT2D eigenvalue weighted by atomic mass is 15.3. The third-order valence-electron chi connectivity index (χ3n) is 4.21. The normalized spacial score (nSPS) is 17.2. The first-order valence-electron chi connectivity index (χ1n) is 6.72. The molecule has 1 saturated carbocycles. The van der Waals surface area contributed by atoms with Gasteiger partial charge in [0.15, 0.2) is 0 Å². The fourth-order valence-corrected chi connectivity index (χ4v) is 2.56. The van der Waals surface area contributed by atoms with Crippen molar-refractivity contribution in [2.24, 2.45) is 5.84 Å². The molecule has 1 aromatic heterocycles. The Kier molecular flexibility index (Phi) is 3.91. The summed E-state index contributed by atoms with van der Waals surface area (Å²) in [7, 11) is 4.29. The minimum atomic E-state index is 0.265. The summed E-state index contributed by atoms with van der Waals surface area (Å²) >= 11 is 0. The molecular formula is C13H24N6. The lowest BCUT2D eigenvalue weighted by Crippen LogP contribution is -2.54. The number of nitrogens with two attached hydrogens (primary N) is 1. The van der Waals surface area contributed by atoms with Crippen molar-refractivity contribution in [2.45, 2.75) is 38.6 Å². The fourth-order valence-electron chi connectivity index (χ4n) is 2.56. The smallest absolute Gasteiger partial charge is 0.148 e. The summed E-state index contributed by atoms with van der Waals surface area (Å²) in [5.74, 6) is 7.75. The van der Waals surface area contributed by atoms with Crippen LogP contribution in [-0.4, -0.2) is 41.0 Å². The Hall–Kier alpha value is -1.40. The number of aryl methyl sites for hydroxylation is 1. The highest BCUT2D eigenvalue weighted by Gasteiger charge is 2.38. The molecule has 1 aliphatic rings. The molecule has 0 aliphatic heterocycles. The number of hydrogen-bond donors (Lipinski definition) is 3. The van der Waals surface area contributed by atoms with Crippen LogP contribution in [0.5, 0.6) is 0 Å². The van der Waals surface area contributed by atoms with E-state index in [9.17, 15) is 0 Å². The van der Waals surface area contributed by atoms with E-state index in [1.165, 1.54) is 19.3 Å². The van der Waals surface area contributed by atoms with E-state index < -0.39 is 0 Å². The zero-order chi connectivity index (χ0) is 14.0. The Morgan fingerprint density at radius 1 is 1.21 bits per heavy atom. The van der Waals surface area contributed by atoms with Crippen LogP contribution < -0.4 is 16.6 Å². The zero-order valence-electron chi connectivity index (χ0n) is 12.2. The second kappa shape index (κ2) is 5.30. The average Bonchev–Trinajstić information content (AvgIpc) is 2.31. The van der Waals surface area contributed by atoms with Gasteiger partial charge in [-0.3, -0.25) is 0 Å². The fraction of sp³-hybridized carbons (Fsp3) is 0.692. The Morgan fingerprint density at radius 3 is 2.32 bits per heavy atom. The summed E-state index contributed by atoms with van der Waals surface area (Å²) in [6, 6.07) is 0. The van der Waals surface area contributed by atoms with E-state index in [4.69, 9.17) is 5.84 Å². The highest BCUT2D eigenvalue weighted by molar-refractivity contribution is 5.56. The van der Waals surface area contributed by atoms with Crippen LogP contribution in [0.2, 0.25) is 0 Å². The first kappa shape index (κ1) is 14.0. The molecule has 6 nitrogen and oxygen atoms in total. The zero-order valence-corrected chi connectivity index (χ0v) is 12.2. The Bertz CT molecular complexity index is 453. The maximum absolute atomic E-state index is 5.48. The quantitative estimate of drug-likeness (QED) is 0.549. The van der Waals surface area contributed by atoms with Crippen molar-refractivity contribution in [3.8, 4) is 0 Å². The molecule has 0 aromatic carbocycles. The number of anilines is 2. The van der Waals surface area contributed by atoms with Gasteiger partial charge in [0.25, 0.3) is 0 Å². The monoisotopic (exact) mass is 264 g/mol. The van der Waals surface area contributed by atoms with Gasteiger partial charge in [0, 0.05) is 17.6 Å². The number of hydrazine groups is 1. The number of nitrogens with zero attached hydrogens (tertiary/aromatic N) is 3. The summed E-state index contributed by atoms with van der Waals surface area (Å²) in [4.78, 5) is 11.0. The summed E-state index contributed by atoms with van der Waals surface area (Å²) in [6.07, 6.45) is 3.77. The molecule has 1 aromatic rings. The SMILES string of the molecule is Cc1nc(NN)c(C)c(NCC2(N(C)C)CCC2)n1. The summed E-state index contributed by atoms with van der Waals surface area (Å²) in [5.41, 5.74) is 3.85. The highest BCUT2D eigenvalue weighted by Crippen LogP contribution is 2.36. The molecule has 0 amide bonds. The van der Waals surface area contributed by atoms with E-state index in [1.807, 2.05) is 13.8 Å². The van der Waals surface area contributed by atoms with Crippen molar-refractivity contribution >= 4 is 11.6 Å². The second-order valence-electron chi connectivity index (χ2n) is 5.56. The Morgan fingerprint density at radius 2 is 1.84 bits per heavy atom. The van der Waals surface area contributed by atoms with Gasteiger partial charge < -0.3 is 15.6 Å². The van der Waals surface area contributed by atoms with Crippen LogP contribution in [-0.2, 0) is 0 Å². The first-order valence-corrected chi connectivity index (χ1v) is 6.72. The molecule has 106 valence electrons. The molecular weight excluding hydrogens is 240 g/mol. The molecule has 2 rings (SSSR count). The van der Waals surface area contributed by atoms with Crippen molar-refractivity contribution in [2.75, 3.05) is 31.4 Å². The van der Waals surface area contributed by atoms with E-state index >= 15 is 0 Å². The van der Waals surface area contributed by atoms with Crippen LogP contribution in [0.15, 0.2) is 0 Å². The standard InChI is InChI=1S/C13H24N6/c1-9-11(16-10(2)17-12(9)18-14)15-8-13(19(3)4)6-5-7-13/h5-8,14H2,1-4H3,(H2,15,16,17,18). The van der Waals surface area contributed by atoms with Gasteiger partial charge in [0.05, 0.1) is 0 Å². The van der Waals surface area contributed by atoms with E-state index in [2.05, 4.69) is 39.7 Å². The van der Waals surface area contributed by atoms with E-state index in [0.717, 1.165) is 17.9 Å². The molecule has 19 heavy (non-hydrogen) atoms. The van der Waals surface area contributed by atoms with Gasteiger partial charge in [0.1, 0.15) is 17.5 Å². The van der Waals surface area contributed by atoms with E-state index in [-0.39, 0.29) is 5.54 Å². The third kappa shape index (κ3) is 2.64. The van der Waals surface area contributed by atoms with Crippen molar-refractivity contribution in [3.05, 3.63) is 11.4 Å². The van der Waals surface area contributed by atoms with Crippen LogP contribution in [0.4, 0.5) is 11.6 Å². The van der Waals surface area contributed by atoms with Crippen LogP contribution in [0.1, 0.15) is 30.7 Å². The molecule has 0 saturated heterocycles. The number of hydrogen-bond acceptors (Lipinski definition) is 6. The predicted molar refractivity (Wildman–Crippen MR) is 78.1 cm³/mol. The Labute approximate surface area is 114 Å². The summed E-state index contributed by atoms with van der Waals surface area (Å²) < 4.78 is 0. The van der Waals surface area contributed by atoms with Gasteiger partial charge in [-0.15, -0.1) is 0 Å². The van der Waals surface area contributed by atoms with E-state index in [1.54, 1.807) is 0 Å². The van der Waals surface area contributed by atoms with Crippen molar-refractivity contribution < 1.29 is 0 Å². The summed E-state index contributed by atoms with van der Waals surface area (Å²) in [5, 5.41) is 3.46. The largest absolute Gasteiger partial charge is 0.368 e. The lowest BCUT2D eigenvalue weighted by atomic mass is 9.75. The number of rotatable bonds is 5. The molecule has 0 bridgehead atoms. The molecule has 1 heterocycles. The minimum absolute atomic E-state index is 0.265. The third-order valence-corrected chi connectivity index (χ3v) is 4.21. The number of nitrogen functional groups attached to an aromatic ring is 1. The molecule has 4 N–H and O–H groups in total. The van der Waals surface area contributed by atoms with Gasteiger partial charge in [-0.05, 0) is 47.2 Å². The van der Waals surface area contributed by atoms with Crippen LogP contribution in [0.25, 0.3) is 0 Å². The molecule has 1 fully saturated rings. The molecule has 0 radical (unpaired) electrons. The van der Waals surface area contributed by atoms with Gasteiger partial charge >= 0.3 is 0 Å². The lowest BCUT2D eigenvalue weighted by Gasteiger charge is -2.47. The van der Waals surface area contributed by atoms with Crippen LogP contribution in [0.3, 0.4) is 0 Å². The van der Waals surface area contributed by atoms with Crippen molar-refractivity contribution in [3.63, 3.8) is 0 Å². The second-order valence-corrected chi connectivity index (χ2v) is 5.56.